The summed E-state index contributed by atoms with van der Waals surface area (Å²) in [6, 6.07) is 0. The van der Waals surface area contributed by atoms with Gasteiger partial charge >= 0.3 is 0 Å². The van der Waals surface area contributed by atoms with Gasteiger partial charge in [0.2, 0.25) is 0 Å². The van der Waals surface area contributed by atoms with E-state index in [9.17, 15) is 9.90 Å². The van der Waals surface area contributed by atoms with Crippen molar-refractivity contribution < 1.29 is 14.4 Å². The van der Waals surface area contributed by atoms with Crippen molar-refractivity contribution >= 4 is 5.91 Å². The maximum absolute atomic E-state index is 11.5. The molecule has 0 atom stereocenters. The molecule has 0 saturated carbocycles. The van der Waals surface area contributed by atoms with Crippen molar-refractivity contribution in [3.8, 4) is 0 Å². The number of nitrogens with zero attached hydrogens (tertiary/aromatic N) is 2. The van der Waals surface area contributed by atoms with Gasteiger partial charge in [0, 0.05) is 6.54 Å². The maximum Gasteiger partial charge on any atom is 0.292 e. The van der Waals surface area contributed by atoms with Crippen LogP contribution < -0.4 is 10.6 Å². The Hall–Kier alpha value is -1.47. The Morgan fingerprint density at radius 1 is 1.59 bits per heavy atom. The first-order chi connectivity index (χ1) is 8.15. The average molecular weight is 240 g/mol. The molecule has 1 aliphatic heterocycles. The lowest BCUT2D eigenvalue weighted by atomic mass is 9.92. The van der Waals surface area contributed by atoms with Gasteiger partial charge < -0.3 is 20.3 Å². The van der Waals surface area contributed by atoms with Crippen LogP contribution in [0.5, 0.6) is 0 Å². The highest BCUT2D eigenvalue weighted by Crippen LogP contribution is 2.28. The number of carbonyl (C=O) groups is 1. The van der Waals surface area contributed by atoms with Crippen LogP contribution in [0.2, 0.25) is 0 Å². The summed E-state index contributed by atoms with van der Waals surface area (Å²) >= 11 is 0. The van der Waals surface area contributed by atoms with Crippen LogP contribution in [0.1, 0.15) is 36.3 Å². The Morgan fingerprint density at radius 3 is 2.94 bits per heavy atom. The van der Waals surface area contributed by atoms with E-state index in [1.807, 2.05) is 0 Å². The van der Waals surface area contributed by atoms with Crippen molar-refractivity contribution in [2.24, 2.45) is 0 Å². The van der Waals surface area contributed by atoms with Gasteiger partial charge in [0.05, 0.1) is 0 Å². The van der Waals surface area contributed by atoms with Crippen LogP contribution in [-0.4, -0.2) is 40.8 Å². The van der Waals surface area contributed by atoms with Crippen molar-refractivity contribution in [2.75, 3.05) is 19.6 Å². The Labute approximate surface area is 98.6 Å². The van der Waals surface area contributed by atoms with E-state index in [4.69, 9.17) is 4.52 Å². The third kappa shape index (κ3) is 2.45. The molecular formula is C10H16N4O3. The largest absolute Gasteiger partial charge is 0.380 e. The lowest BCUT2D eigenvalue weighted by Crippen LogP contribution is -2.40. The maximum atomic E-state index is 11.5. The fourth-order valence-electron chi connectivity index (χ4n) is 1.80. The molecule has 1 amide bonds. The van der Waals surface area contributed by atoms with Crippen LogP contribution in [0.15, 0.2) is 4.52 Å². The van der Waals surface area contributed by atoms with Crippen molar-refractivity contribution in [3.63, 3.8) is 0 Å². The topological polar surface area (TPSA) is 100 Å². The Balaban J connectivity index is 2.14. The summed E-state index contributed by atoms with van der Waals surface area (Å²) in [6.07, 6.45) is 1.01. The molecule has 1 saturated heterocycles. The molecule has 1 aliphatic rings. The fraction of sp³-hybridized carbons (Fsp3) is 0.700. The van der Waals surface area contributed by atoms with Gasteiger partial charge in [0.25, 0.3) is 17.6 Å². The van der Waals surface area contributed by atoms with E-state index < -0.39 is 5.60 Å². The molecule has 1 aromatic heterocycles. The predicted molar refractivity (Wildman–Crippen MR) is 58.3 cm³/mol. The molecule has 0 aliphatic carbocycles. The minimum atomic E-state index is -1.11. The minimum absolute atomic E-state index is 0.0335. The van der Waals surface area contributed by atoms with Gasteiger partial charge in [-0.1, -0.05) is 5.16 Å². The molecule has 94 valence electrons. The highest BCUT2D eigenvalue weighted by molar-refractivity contribution is 5.90. The third-order valence-corrected chi connectivity index (χ3v) is 2.80. The summed E-state index contributed by atoms with van der Waals surface area (Å²) in [5, 5.41) is 19.6. The number of nitrogens with one attached hydrogen (secondary N) is 2. The number of aliphatic hydroxyl groups is 1. The zero-order valence-electron chi connectivity index (χ0n) is 9.69. The molecule has 0 radical (unpaired) electrons. The highest BCUT2D eigenvalue weighted by Gasteiger charge is 2.37. The van der Waals surface area contributed by atoms with Gasteiger partial charge in [0.15, 0.2) is 0 Å². The smallest absolute Gasteiger partial charge is 0.292 e. The summed E-state index contributed by atoms with van der Waals surface area (Å²) < 4.78 is 4.97. The molecule has 3 N–H and O–H groups in total. The fourth-order valence-corrected chi connectivity index (χ4v) is 1.80. The Morgan fingerprint density at radius 2 is 2.29 bits per heavy atom. The second-order valence-corrected chi connectivity index (χ2v) is 4.06. The van der Waals surface area contributed by atoms with Crippen LogP contribution in [0.25, 0.3) is 0 Å². The molecular weight excluding hydrogens is 224 g/mol. The zero-order valence-corrected chi connectivity index (χ0v) is 9.69. The Kier molecular flexibility index (Phi) is 3.39. The number of amides is 1. The molecule has 7 heteroatoms. The van der Waals surface area contributed by atoms with Gasteiger partial charge in [0.1, 0.15) is 5.60 Å². The molecule has 0 spiro atoms. The lowest BCUT2D eigenvalue weighted by molar-refractivity contribution is -0.0228. The van der Waals surface area contributed by atoms with Crippen molar-refractivity contribution in [2.45, 2.75) is 25.4 Å². The van der Waals surface area contributed by atoms with E-state index >= 15 is 0 Å². The molecule has 2 heterocycles. The summed E-state index contributed by atoms with van der Waals surface area (Å²) in [5.74, 6) is -0.297. The van der Waals surface area contributed by atoms with Gasteiger partial charge in [-0.25, -0.2) is 0 Å². The van der Waals surface area contributed by atoms with E-state index in [0.29, 0.717) is 32.5 Å². The predicted octanol–water partition coefficient (Wildman–Crippen LogP) is -0.610. The van der Waals surface area contributed by atoms with E-state index in [1.165, 1.54) is 0 Å². The van der Waals surface area contributed by atoms with Gasteiger partial charge in [-0.3, -0.25) is 4.79 Å². The molecule has 17 heavy (non-hydrogen) atoms. The van der Waals surface area contributed by atoms with Crippen LogP contribution in [0.3, 0.4) is 0 Å². The van der Waals surface area contributed by atoms with Gasteiger partial charge in [-0.05, 0) is 32.9 Å². The third-order valence-electron chi connectivity index (χ3n) is 2.80. The first-order valence-electron chi connectivity index (χ1n) is 5.71. The SMILES string of the molecule is CCNC(=O)c1noc(C2(O)CCNCC2)n1. The van der Waals surface area contributed by atoms with Crippen LogP contribution in [0, 0.1) is 0 Å². The molecule has 0 aromatic carbocycles. The van der Waals surface area contributed by atoms with E-state index in [1.54, 1.807) is 6.92 Å². The van der Waals surface area contributed by atoms with E-state index in [-0.39, 0.29) is 17.6 Å². The van der Waals surface area contributed by atoms with Crippen LogP contribution in [0.4, 0.5) is 0 Å². The van der Waals surface area contributed by atoms with Crippen LogP contribution in [-0.2, 0) is 5.60 Å². The number of hydrogen-bond donors (Lipinski definition) is 3. The quantitative estimate of drug-likeness (QED) is 0.651. The van der Waals surface area contributed by atoms with Crippen molar-refractivity contribution in [1.82, 2.24) is 20.8 Å². The van der Waals surface area contributed by atoms with E-state index in [2.05, 4.69) is 20.8 Å². The number of aromatic nitrogens is 2. The summed E-state index contributed by atoms with van der Waals surface area (Å²) in [6.45, 7) is 3.68. The molecule has 2 rings (SSSR count). The number of carbonyl (C=O) groups excluding carboxylic acids is 1. The number of hydrogen-bond acceptors (Lipinski definition) is 6. The average Bonchev–Trinajstić information content (AvgIpc) is 2.80. The lowest BCUT2D eigenvalue weighted by Gasteiger charge is -2.28. The number of rotatable bonds is 3. The standard InChI is InChI=1S/C10H16N4O3/c1-2-12-8(15)7-13-9(17-14-7)10(16)3-5-11-6-4-10/h11,16H,2-6H2,1H3,(H,12,15). The Bertz CT molecular complexity index is 398. The second-order valence-electron chi connectivity index (χ2n) is 4.06. The summed E-state index contributed by atoms with van der Waals surface area (Å²) in [5.41, 5.74) is -1.11. The summed E-state index contributed by atoms with van der Waals surface area (Å²) in [7, 11) is 0. The normalized spacial score (nSPS) is 18.9. The molecule has 1 fully saturated rings. The molecule has 0 bridgehead atoms. The van der Waals surface area contributed by atoms with Crippen LogP contribution >= 0.6 is 0 Å². The number of piperidine rings is 1. The second kappa shape index (κ2) is 4.80. The first-order valence-corrected chi connectivity index (χ1v) is 5.71. The zero-order chi connectivity index (χ0) is 12.3. The summed E-state index contributed by atoms with van der Waals surface area (Å²) in [4.78, 5) is 15.4. The van der Waals surface area contributed by atoms with Gasteiger partial charge in [-0.15, -0.1) is 0 Å². The molecule has 1 aromatic rings. The van der Waals surface area contributed by atoms with Gasteiger partial charge in [-0.2, -0.15) is 4.98 Å². The molecule has 7 nitrogen and oxygen atoms in total. The first kappa shape index (κ1) is 12.0. The minimum Gasteiger partial charge on any atom is -0.380 e. The monoisotopic (exact) mass is 240 g/mol. The van der Waals surface area contributed by atoms with Crippen molar-refractivity contribution in [3.05, 3.63) is 11.7 Å². The van der Waals surface area contributed by atoms with Crippen molar-refractivity contribution in [1.29, 1.82) is 0 Å². The van der Waals surface area contributed by atoms with E-state index in [0.717, 1.165) is 0 Å². The molecule has 0 unspecified atom stereocenters. The highest BCUT2D eigenvalue weighted by atomic mass is 16.5.